The molecule has 1 aromatic rings. The number of sulfonamides is 1. The van der Waals surface area contributed by atoms with Gasteiger partial charge in [0, 0.05) is 13.6 Å². The first-order valence-electron chi connectivity index (χ1n) is 5.05. The van der Waals surface area contributed by atoms with Crippen LogP contribution in [-0.2, 0) is 16.2 Å². The van der Waals surface area contributed by atoms with Crippen molar-refractivity contribution in [1.82, 2.24) is 4.31 Å². The molecule has 0 amide bonds. The van der Waals surface area contributed by atoms with Crippen LogP contribution in [0.25, 0.3) is 0 Å². The lowest BCUT2D eigenvalue weighted by Crippen LogP contribution is -2.31. The molecular formula is C10H11ClF3NO3S. The Morgan fingerprint density at radius 1 is 1.37 bits per heavy atom. The monoisotopic (exact) mass is 317 g/mol. The number of rotatable bonds is 4. The highest BCUT2D eigenvalue weighted by Gasteiger charge is 2.39. The standard InChI is InChI=1S/C10H11ClF3NO3S/c1-15(5-6-16)19(17,18)9-7(10(12,13)14)3-2-4-8(9)11/h2-4,16H,5-6H2,1H3. The van der Waals surface area contributed by atoms with Crippen molar-refractivity contribution >= 4 is 21.6 Å². The van der Waals surface area contributed by atoms with E-state index in [1.54, 1.807) is 0 Å². The van der Waals surface area contributed by atoms with E-state index in [-0.39, 0.29) is 6.54 Å². The van der Waals surface area contributed by atoms with E-state index < -0.39 is 38.3 Å². The van der Waals surface area contributed by atoms with Crippen molar-refractivity contribution in [2.45, 2.75) is 11.1 Å². The van der Waals surface area contributed by atoms with Gasteiger partial charge in [-0.2, -0.15) is 17.5 Å². The minimum Gasteiger partial charge on any atom is -0.395 e. The van der Waals surface area contributed by atoms with E-state index in [2.05, 4.69) is 0 Å². The molecule has 108 valence electrons. The molecule has 0 radical (unpaired) electrons. The van der Waals surface area contributed by atoms with Gasteiger partial charge in [0.05, 0.1) is 17.2 Å². The zero-order chi connectivity index (χ0) is 14.8. The second kappa shape index (κ2) is 5.66. The summed E-state index contributed by atoms with van der Waals surface area (Å²) < 4.78 is 63.1. The van der Waals surface area contributed by atoms with Gasteiger partial charge in [-0.3, -0.25) is 0 Å². The Morgan fingerprint density at radius 2 is 1.95 bits per heavy atom. The summed E-state index contributed by atoms with van der Waals surface area (Å²) >= 11 is 5.60. The van der Waals surface area contributed by atoms with Crippen molar-refractivity contribution in [2.75, 3.05) is 20.2 Å². The summed E-state index contributed by atoms with van der Waals surface area (Å²) in [7, 11) is -3.36. The normalized spacial score (nSPS) is 13.0. The van der Waals surface area contributed by atoms with Crippen LogP contribution in [0.5, 0.6) is 0 Å². The second-order valence-electron chi connectivity index (χ2n) is 3.66. The molecule has 0 saturated carbocycles. The maximum absolute atomic E-state index is 12.8. The molecule has 19 heavy (non-hydrogen) atoms. The molecule has 0 aliphatic rings. The number of aliphatic hydroxyl groups is 1. The first-order valence-corrected chi connectivity index (χ1v) is 6.87. The van der Waals surface area contributed by atoms with Crippen LogP contribution >= 0.6 is 11.6 Å². The van der Waals surface area contributed by atoms with Gasteiger partial charge >= 0.3 is 6.18 Å². The number of nitrogens with zero attached hydrogens (tertiary/aromatic N) is 1. The number of alkyl halides is 3. The largest absolute Gasteiger partial charge is 0.417 e. The molecule has 0 bridgehead atoms. The molecule has 4 nitrogen and oxygen atoms in total. The summed E-state index contributed by atoms with van der Waals surface area (Å²) in [6.45, 7) is -0.841. The smallest absolute Gasteiger partial charge is 0.395 e. The SMILES string of the molecule is CN(CCO)S(=O)(=O)c1c(Cl)cccc1C(F)(F)F. The molecule has 0 spiro atoms. The van der Waals surface area contributed by atoms with Crippen molar-refractivity contribution < 1.29 is 26.7 Å². The molecule has 9 heteroatoms. The summed E-state index contributed by atoms with van der Waals surface area (Å²) in [5.74, 6) is 0. The Morgan fingerprint density at radius 3 is 2.42 bits per heavy atom. The summed E-state index contributed by atoms with van der Waals surface area (Å²) in [4.78, 5) is -1.000. The molecule has 1 aromatic carbocycles. The molecule has 1 N–H and O–H groups in total. The fourth-order valence-corrected chi connectivity index (χ4v) is 3.29. The number of hydrogen-bond acceptors (Lipinski definition) is 3. The average Bonchev–Trinajstić information content (AvgIpc) is 2.27. The predicted octanol–water partition coefficient (Wildman–Crippen LogP) is 1.97. The van der Waals surface area contributed by atoms with Gasteiger partial charge in [-0.1, -0.05) is 17.7 Å². The van der Waals surface area contributed by atoms with E-state index in [0.29, 0.717) is 10.4 Å². The van der Waals surface area contributed by atoms with Crippen LogP contribution in [-0.4, -0.2) is 38.0 Å². The maximum Gasteiger partial charge on any atom is 0.417 e. The van der Waals surface area contributed by atoms with Crippen molar-refractivity contribution in [1.29, 1.82) is 0 Å². The van der Waals surface area contributed by atoms with Gasteiger partial charge in [0.25, 0.3) is 0 Å². The van der Waals surface area contributed by atoms with E-state index in [9.17, 15) is 21.6 Å². The summed E-state index contributed by atoms with van der Waals surface area (Å²) in [6, 6.07) is 2.73. The number of aliphatic hydroxyl groups excluding tert-OH is 1. The minimum absolute atomic E-state index is 0.329. The topological polar surface area (TPSA) is 57.6 Å². The zero-order valence-electron chi connectivity index (χ0n) is 9.78. The predicted molar refractivity (Wildman–Crippen MR) is 63.4 cm³/mol. The van der Waals surface area contributed by atoms with Crippen LogP contribution in [0, 0.1) is 0 Å². The molecule has 0 aliphatic heterocycles. The van der Waals surface area contributed by atoms with Crippen molar-refractivity contribution in [2.24, 2.45) is 0 Å². The molecule has 0 unspecified atom stereocenters. The van der Waals surface area contributed by atoms with E-state index in [1.807, 2.05) is 0 Å². The number of benzene rings is 1. The minimum atomic E-state index is -4.84. The summed E-state index contributed by atoms with van der Waals surface area (Å²) in [6.07, 6.45) is -4.84. The fourth-order valence-electron chi connectivity index (χ4n) is 1.41. The lowest BCUT2D eigenvalue weighted by Gasteiger charge is -2.20. The Bertz CT molecular complexity index is 560. The van der Waals surface area contributed by atoms with E-state index in [1.165, 1.54) is 0 Å². The quantitative estimate of drug-likeness (QED) is 0.923. The Balaban J connectivity index is 3.50. The van der Waals surface area contributed by atoms with Crippen molar-refractivity contribution in [3.8, 4) is 0 Å². The Kier molecular flexibility index (Phi) is 4.83. The van der Waals surface area contributed by atoms with Crippen LogP contribution in [0.3, 0.4) is 0 Å². The Hall–Kier alpha value is -0.830. The van der Waals surface area contributed by atoms with Gasteiger partial charge in [0.15, 0.2) is 0 Å². The molecule has 1 rings (SSSR count). The first kappa shape index (κ1) is 16.2. The lowest BCUT2D eigenvalue weighted by atomic mass is 10.2. The van der Waals surface area contributed by atoms with Crippen LogP contribution in [0.15, 0.2) is 23.1 Å². The number of likely N-dealkylation sites (N-methyl/N-ethyl adjacent to an activating group) is 1. The molecule has 0 aromatic heterocycles. The van der Waals surface area contributed by atoms with Crippen LogP contribution in [0.2, 0.25) is 5.02 Å². The molecular weight excluding hydrogens is 307 g/mol. The second-order valence-corrected chi connectivity index (χ2v) is 6.05. The Labute approximate surface area is 113 Å². The van der Waals surface area contributed by atoms with Crippen LogP contribution < -0.4 is 0 Å². The van der Waals surface area contributed by atoms with E-state index in [0.717, 1.165) is 19.2 Å². The number of hydrogen-bond donors (Lipinski definition) is 1. The van der Waals surface area contributed by atoms with Gasteiger partial charge in [-0.25, -0.2) is 8.42 Å². The fraction of sp³-hybridized carbons (Fsp3) is 0.400. The molecule has 0 aliphatic carbocycles. The van der Waals surface area contributed by atoms with Gasteiger partial charge in [0.2, 0.25) is 10.0 Å². The van der Waals surface area contributed by atoms with Crippen molar-refractivity contribution in [3.63, 3.8) is 0 Å². The maximum atomic E-state index is 12.8. The van der Waals surface area contributed by atoms with Crippen molar-refractivity contribution in [3.05, 3.63) is 28.8 Å². The van der Waals surface area contributed by atoms with E-state index >= 15 is 0 Å². The average molecular weight is 318 g/mol. The third kappa shape index (κ3) is 3.38. The van der Waals surface area contributed by atoms with Gasteiger partial charge in [-0.05, 0) is 12.1 Å². The summed E-state index contributed by atoms with van der Waals surface area (Å²) in [5, 5.41) is 8.17. The van der Waals surface area contributed by atoms with Gasteiger partial charge < -0.3 is 5.11 Å². The first-order chi connectivity index (χ1) is 8.62. The molecule has 0 saturated heterocycles. The lowest BCUT2D eigenvalue weighted by molar-refractivity contribution is -0.139. The molecule has 0 fully saturated rings. The third-order valence-corrected chi connectivity index (χ3v) is 4.74. The molecule has 0 heterocycles. The van der Waals surface area contributed by atoms with Crippen LogP contribution in [0.1, 0.15) is 5.56 Å². The highest BCUT2D eigenvalue weighted by molar-refractivity contribution is 7.89. The van der Waals surface area contributed by atoms with Crippen LogP contribution in [0.4, 0.5) is 13.2 Å². The third-order valence-electron chi connectivity index (χ3n) is 2.36. The zero-order valence-corrected chi connectivity index (χ0v) is 11.3. The highest BCUT2D eigenvalue weighted by Crippen LogP contribution is 2.38. The molecule has 0 atom stereocenters. The van der Waals surface area contributed by atoms with Gasteiger partial charge in [-0.15, -0.1) is 0 Å². The van der Waals surface area contributed by atoms with Gasteiger partial charge in [0.1, 0.15) is 4.90 Å². The summed E-state index contributed by atoms with van der Waals surface area (Å²) in [5.41, 5.74) is -1.33. The van der Waals surface area contributed by atoms with E-state index in [4.69, 9.17) is 16.7 Å². The highest BCUT2D eigenvalue weighted by atomic mass is 35.5. The number of halogens is 4.